The summed E-state index contributed by atoms with van der Waals surface area (Å²) in [5, 5.41) is 20.9. The predicted octanol–water partition coefficient (Wildman–Crippen LogP) is -1.44. The molecule has 1 saturated carbocycles. The van der Waals surface area contributed by atoms with Gasteiger partial charge in [-0.15, -0.1) is 0 Å². The van der Waals surface area contributed by atoms with E-state index in [1.54, 1.807) is 6.92 Å². The third-order valence-corrected chi connectivity index (χ3v) is 3.62. The molecule has 1 aliphatic heterocycles. The van der Waals surface area contributed by atoms with Crippen LogP contribution in [-0.4, -0.2) is 40.7 Å². The van der Waals surface area contributed by atoms with Crippen LogP contribution in [0.15, 0.2) is 0 Å². The molecule has 0 bridgehead atoms. The first-order valence-electron chi connectivity index (χ1n) is 4.15. The Hall–Kier alpha value is -1.14. The van der Waals surface area contributed by atoms with Crippen molar-refractivity contribution in [1.82, 2.24) is 5.32 Å². The maximum absolute atomic E-state index is 10.9. The van der Waals surface area contributed by atoms with Crippen LogP contribution in [0.2, 0.25) is 0 Å². The highest BCUT2D eigenvalue weighted by molar-refractivity contribution is 6.04. The summed E-state index contributed by atoms with van der Waals surface area (Å²) in [6.07, 6.45) is 0. The van der Waals surface area contributed by atoms with Crippen LogP contribution in [0.3, 0.4) is 0 Å². The van der Waals surface area contributed by atoms with Crippen LogP contribution in [0.1, 0.15) is 6.92 Å². The molecule has 0 aromatic rings. The summed E-state index contributed by atoms with van der Waals surface area (Å²) in [5.74, 6) is -2.65. The Bertz CT molecular complexity index is 288. The van der Waals surface area contributed by atoms with Gasteiger partial charge in [-0.25, -0.2) is 0 Å². The lowest BCUT2D eigenvalue weighted by molar-refractivity contribution is -0.160. The van der Waals surface area contributed by atoms with Gasteiger partial charge < -0.3 is 21.0 Å². The van der Waals surface area contributed by atoms with Gasteiger partial charge >= 0.3 is 11.9 Å². The Balaban J connectivity index is 0.000000980. The van der Waals surface area contributed by atoms with Crippen molar-refractivity contribution in [1.29, 1.82) is 0 Å². The minimum atomic E-state index is -1.53. The molecule has 5 N–H and O–H groups in total. The molecule has 2 unspecified atom stereocenters. The van der Waals surface area contributed by atoms with Crippen molar-refractivity contribution < 1.29 is 25.3 Å². The number of piperidine rings is 1. The van der Waals surface area contributed by atoms with Crippen LogP contribution >= 0.6 is 0 Å². The standard InChI is InChI=1S/C8H11NO4.H2O/c1-7-3-9-2-4(7)8(7,5(10)11)6(12)13;/h4,9H,2-3H2,1H3,(H,10,11)(H,12,13);1H2. The van der Waals surface area contributed by atoms with Gasteiger partial charge in [-0.05, 0) is 0 Å². The van der Waals surface area contributed by atoms with Crippen molar-refractivity contribution in [2.45, 2.75) is 6.92 Å². The second-order valence-corrected chi connectivity index (χ2v) is 4.02. The van der Waals surface area contributed by atoms with E-state index in [0.29, 0.717) is 13.1 Å². The summed E-state index contributed by atoms with van der Waals surface area (Å²) in [4.78, 5) is 21.9. The van der Waals surface area contributed by atoms with Crippen LogP contribution in [0.4, 0.5) is 0 Å². The van der Waals surface area contributed by atoms with Gasteiger partial charge in [-0.1, -0.05) is 6.92 Å². The second-order valence-electron chi connectivity index (χ2n) is 4.02. The third-order valence-electron chi connectivity index (χ3n) is 3.62. The van der Waals surface area contributed by atoms with Gasteiger partial charge in [-0.2, -0.15) is 0 Å². The quantitative estimate of drug-likeness (QED) is 0.475. The number of carboxylic acids is 2. The number of nitrogens with one attached hydrogen (secondary N) is 1. The highest BCUT2D eigenvalue weighted by atomic mass is 16.4. The minimum Gasteiger partial charge on any atom is -0.480 e. The molecule has 0 aromatic heterocycles. The van der Waals surface area contributed by atoms with Gasteiger partial charge in [0.15, 0.2) is 5.41 Å². The summed E-state index contributed by atoms with van der Waals surface area (Å²) in [6, 6.07) is 0. The van der Waals surface area contributed by atoms with Crippen LogP contribution in [0.25, 0.3) is 0 Å². The normalized spacial score (nSPS) is 36.8. The minimum absolute atomic E-state index is 0. The topological polar surface area (TPSA) is 118 Å². The maximum atomic E-state index is 10.9. The van der Waals surface area contributed by atoms with E-state index in [2.05, 4.69) is 5.32 Å². The Kier molecular flexibility index (Phi) is 2.09. The lowest BCUT2D eigenvalue weighted by Gasteiger charge is -2.15. The predicted molar refractivity (Wildman–Crippen MR) is 45.8 cm³/mol. The Morgan fingerprint density at radius 3 is 2.07 bits per heavy atom. The Labute approximate surface area is 80.2 Å². The summed E-state index contributed by atoms with van der Waals surface area (Å²) in [5.41, 5.74) is -2.12. The van der Waals surface area contributed by atoms with E-state index in [9.17, 15) is 9.59 Å². The number of hydrogen-bond acceptors (Lipinski definition) is 3. The van der Waals surface area contributed by atoms with Gasteiger partial charge in [0.2, 0.25) is 0 Å². The van der Waals surface area contributed by atoms with E-state index in [1.807, 2.05) is 0 Å². The molecule has 1 saturated heterocycles. The molecular weight excluding hydrogens is 190 g/mol. The zero-order valence-electron chi connectivity index (χ0n) is 7.70. The average molecular weight is 203 g/mol. The highest BCUT2D eigenvalue weighted by Gasteiger charge is 2.84. The third kappa shape index (κ3) is 0.777. The van der Waals surface area contributed by atoms with E-state index in [4.69, 9.17) is 10.2 Å². The monoisotopic (exact) mass is 203 g/mol. The van der Waals surface area contributed by atoms with Crippen molar-refractivity contribution in [2.75, 3.05) is 13.1 Å². The summed E-state index contributed by atoms with van der Waals surface area (Å²) >= 11 is 0. The molecule has 0 spiro atoms. The van der Waals surface area contributed by atoms with Crippen molar-refractivity contribution >= 4 is 11.9 Å². The van der Waals surface area contributed by atoms with Crippen LogP contribution in [0.5, 0.6) is 0 Å². The molecule has 2 aliphatic rings. The summed E-state index contributed by atoms with van der Waals surface area (Å²) in [6.45, 7) is 2.70. The largest absolute Gasteiger partial charge is 0.480 e. The number of carboxylic acid groups (broad SMARTS) is 2. The van der Waals surface area contributed by atoms with Crippen molar-refractivity contribution in [3.05, 3.63) is 0 Å². The van der Waals surface area contributed by atoms with Gasteiger partial charge in [-0.3, -0.25) is 9.59 Å². The molecular formula is C8H13NO5. The van der Waals surface area contributed by atoms with E-state index >= 15 is 0 Å². The SMILES string of the molecule is CC12CNCC1C2(C(=O)O)C(=O)O.O. The molecule has 80 valence electrons. The van der Waals surface area contributed by atoms with E-state index < -0.39 is 22.8 Å². The molecule has 0 amide bonds. The van der Waals surface area contributed by atoms with Gasteiger partial charge in [0.25, 0.3) is 0 Å². The summed E-state index contributed by atoms with van der Waals surface area (Å²) in [7, 11) is 0. The number of carbonyl (C=O) groups is 2. The van der Waals surface area contributed by atoms with E-state index in [0.717, 1.165) is 0 Å². The van der Waals surface area contributed by atoms with Gasteiger partial charge in [0.1, 0.15) is 0 Å². The molecule has 0 aromatic carbocycles. The zero-order chi connectivity index (χ0) is 9.85. The van der Waals surface area contributed by atoms with Crippen molar-refractivity contribution in [3.8, 4) is 0 Å². The number of rotatable bonds is 2. The Morgan fingerprint density at radius 1 is 1.36 bits per heavy atom. The lowest BCUT2D eigenvalue weighted by atomic mass is 9.94. The molecule has 6 heteroatoms. The lowest BCUT2D eigenvalue weighted by Crippen LogP contribution is -2.38. The van der Waals surface area contributed by atoms with Crippen molar-refractivity contribution in [3.63, 3.8) is 0 Å². The van der Waals surface area contributed by atoms with Crippen molar-refractivity contribution in [2.24, 2.45) is 16.7 Å². The Morgan fingerprint density at radius 2 is 1.86 bits per heavy atom. The number of fused-ring (bicyclic) bond motifs is 1. The number of aliphatic carboxylic acids is 2. The number of hydrogen-bond donors (Lipinski definition) is 3. The highest BCUT2D eigenvalue weighted by Crippen LogP contribution is 2.70. The fraction of sp³-hybridized carbons (Fsp3) is 0.750. The van der Waals surface area contributed by atoms with Crippen LogP contribution < -0.4 is 5.32 Å². The van der Waals surface area contributed by atoms with Crippen LogP contribution in [0, 0.1) is 16.7 Å². The second kappa shape index (κ2) is 2.68. The van der Waals surface area contributed by atoms with Gasteiger partial charge in [0.05, 0.1) is 0 Å². The molecule has 2 atom stereocenters. The molecule has 0 radical (unpaired) electrons. The fourth-order valence-electron chi connectivity index (χ4n) is 2.77. The zero-order valence-corrected chi connectivity index (χ0v) is 7.70. The molecule has 14 heavy (non-hydrogen) atoms. The van der Waals surface area contributed by atoms with E-state index in [1.165, 1.54) is 0 Å². The molecule has 2 fully saturated rings. The molecule has 6 nitrogen and oxygen atoms in total. The first-order valence-corrected chi connectivity index (χ1v) is 4.15. The average Bonchev–Trinajstić information content (AvgIpc) is 2.29. The molecule has 2 rings (SSSR count). The smallest absolute Gasteiger partial charge is 0.322 e. The van der Waals surface area contributed by atoms with Gasteiger partial charge in [0, 0.05) is 24.4 Å². The van der Waals surface area contributed by atoms with E-state index in [-0.39, 0.29) is 11.4 Å². The van der Waals surface area contributed by atoms with Crippen LogP contribution in [-0.2, 0) is 9.59 Å². The summed E-state index contributed by atoms with van der Waals surface area (Å²) < 4.78 is 0. The fourth-order valence-corrected chi connectivity index (χ4v) is 2.77. The first-order chi connectivity index (χ1) is 5.98. The first kappa shape index (κ1) is 10.9. The maximum Gasteiger partial charge on any atom is 0.322 e. The molecule has 1 aliphatic carbocycles. The molecule has 1 heterocycles.